The molecule has 0 unspecified atom stereocenters. The highest BCUT2D eigenvalue weighted by Gasteiger charge is 2.13. The van der Waals surface area contributed by atoms with E-state index in [9.17, 15) is 4.79 Å². The molecule has 76 valence electrons. The third kappa shape index (κ3) is 2.30. The quantitative estimate of drug-likeness (QED) is 0.848. The normalized spacial score (nSPS) is 9.71. The molecule has 0 aromatic heterocycles. The molecule has 1 aromatic carbocycles. The van der Waals surface area contributed by atoms with Crippen molar-refractivity contribution in [2.75, 3.05) is 14.2 Å². The second-order valence-corrected chi connectivity index (χ2v) is 4.12. The molecule has 1 rings (SSSR count). The van der Waals surface area contributed by atoms with Crippen LogP contribution in [-0.4, -0.2) is 20.1 Å². The van der Waals surface area contributed by atoms with Crippen LogP contribution in [0.1, 0.15) is 10.4 Å². The van der Waals surface area contributed by atoms with Crippen molar-refractivity contribution >= 4 is 40.1 Å². The number of hydrogen-bond donors (Lipinski definition) is 1. The van der Waals surface area contributed by atoms with Crippen LogP contribution in [0.3, 0.4) is 0 Å². The first-order valence-electron chi connectivity index (χ1n) is 3.85. The van der Waals surface area contributed by atoms with E-state index in [4.69, 9.17) is 16.3 Å². The molecule has 0 saturated heterocycles. The summed E-state index contributed by atoms with van der Waals surface area (Å²) in [5, 5.41) is 3.07. The lowest BCUT2D eigenvalue weighted by atomic mass is 10.2. The van der Waals surface area contributed by atoms with Crippen molar-refractivity contribution in [2.24, 2.45) is 0 Å². The van der Waals surface area contributed by atoms with Gasteiger partial charge in [0.25, 0.3) is 5.91 Å². The second kappa shape index (κ2) is 4.84. The number of hydrogen-bond acceptors (Lipinski definition) is 2. The SMILES string of the molecule is CNC(=O)c1cc(Cl)c(I)cc1OC. The van der Waals surface area contributed by atoms with Crippen LogP contribution in [0.15, 0.2) is 12.1 Å². The third-order valence-corrected chi connectivity index (χ3v) is 3.24. The number of carbonyl (C=O) groups excluding carboxylic acids is 1. The molecule has 0 aliphatic carbocycles. The van der Waals surface area contributed by atoms with Gasteiger partial charge in [0.2, 0.25) is 0 Å². The molecule has 0 saturated carbocycles. The summed E-state index contributed by atoms with van der Waals surface area (Å²) in [5.74, 6) is 0.318. The maximum atomic E-state index is 11.4. The van der Waals surface area contributed by atoms with E-state index < -0.39 is 0 Å². The van der Waals surface area contributed by atoms with Crippen LogP contribution in [0, 0.1) is 3.57 Å². The van der Waals surface area contributed by atoms with Crippen LogP contribution in [0.4, 0.5) is 0 Å². The molecular weight excluding hydrogens is 316 g/mol. The highest BCUT2D eigenvalue weighted by Crippen LogP contribution is 2.27. The van der Waals surface area contributed by atoms with Crippen molar-refractivity contribution in [1.29, 1.82) is 0 Å². The van der Waals surface area contributed by atoms with Gasteiger partial charge in [0.05, 0.1) is 17.7 Å². The van der Waals surface area contributed by atoms with Gasteiger partial charge in [-0.25, -0.2) is 0 Å². The Morgan fingerprint density at radius 1 is 1.57 bits per heavy atom. The number of benzene rings is 1. The van der Waals surface area contributed by atoms with E-state index in [1.54, 1.807) is 19.2 Å². The number of nitrogens with one attached hydrogen (secondary N) is 1. The molecular formula is C9H9ClINO2. The van der Waals surface area contributed by atoms with Gasteiger partial charge in [-0.05, 0) is 34.7 Å². The Labute approximate surface area is 101 Å². The Hall–Kier alpha value is -0.490. The fraction of sp³-hybridized carbons (Fsp3) is 0.222. The van der Waals surface area contributed by atoms with Gasteiger partial charge < -0.3 is 10.1 Å². The molecule has 0 fully saturated rings. The van der Waals surface area contributed by atoms with Gasteiger partial charge in [-0.3, -0.25) is 4.79 Å². The molecule has 1 aromatic rings. The van der Waals surface area contributed by atoms with Crippen molar-refractivity contribution in [3.63, 3.8) is 0 Å². The predicted octanol–water partition coefficient (Wildman–Crippen LogP) is 2.31. The predicted molar refractivity (Wildman–Crippen MR) is 64.1 cm³/mol. The Kier molecular flexibility index (Phi) is 4.00. The Morgan fingerprint density at radius 2 is 2.21 bits per heavy atom. The van der Waals surface area contributed by atoms with E-state index >= 15 is 0 Å². The number of carbonyl (C=O) groups is 1. The smallest absolute Gasteiger partial charge is 0.254 e. The fourth-order valence-electron chi connectivity index (χ4n) is 1.01. The van der Waals surface area contributed by atoms with Gasteiger partial charge in [0, 0.05) is 10.6 Å². The van der Waals surface area contributed by atoms with Crippen LogP contribution in [0.5, 0.6) is 5.75 Å². The summed E-state index contributed by atoms with van der Waals surface area (Å²) in [6, 6.07) is 3.33. The average molecular weight is 326 g/mol. The van der Waals surface area contributed by atoms with Crippen LogP contribution in [0.25, 0.3) is 0 Å². The van der Waals surface area contributed by atoms with Crippen molar-refractivity contribution in [3.8, 4) is 5.75 Å². The standard InChI is InChI=1S/C9H9ClINO2/c1-12-9(13)5-3-6(10)7(11)4-8(5)14-2/h3-4H,1-2H3,(H,12,13). The Bertz CT molecular complexity index is 368. The van der Waals surface area contributed by atoms with Crippen molar-refractivity contribution < 1.29 is 9.53 Å². The van der Waals surface area contributed by atoms with E-state index in [2.05, 4.69) is 27.9 Å². The summed E-state index contributed by atoms with van der Waals surface area (Å²) in [6.07, 6.45) is 0. The Balaban J connectivity index is 3.27. The van der Waals surface area contributed by atoms with Gasteiger partial charge in [-0.15, -0.1) is 0 Å². The van der Waals surface area contributed by atoms with Crippen LogP contribution >= 0.6 is 34.2 Å². The number of methoxy groups -OCH3 is 1. The maximum Gasteiger partial charge on any atom is 0.254 e. The zero-order valence-corrected chi connectivity index (χ0v) is 10.6. The lowest BCUT2D eigenvalue weighted by molar-refractivity contribution is 0.0960. The van der Waals surface area contributed by atoms with E-state index in [-0.39, 0.29) is 5.91 Å². The molecule has 0 bridgehead atoms. The van der Waals surface area contributed by atoms with E-state index in [1.165, 1.54) is 7.11 Å². The monoisotopic (exact) mass is 325 g/mol. The van der Waals surface area contributed by atoms with Gasteiger partial charge in [-0.2, -0.15) is 0 Å². The van der Waals surface area contributed by atoms with Gasteiger partial charge in [-0.1, -0.05) is 11.6 Å². The molecule has 1 N–H and O–H groups in total. The van der Waals surface area contributed by atoms with Crippen molar-refractivity contribution in [3.05, 3.63) is 26.3 Å². The van der Waals surface area contributed by atoms with Gasteiger partial charge in [0.1, 0.15) is 5.75 Å². The molecule has 0 heterocycles. The number of ether oxygens (including phenoxy) is 1. The molecule has 0 atom stereocenters. The summed E-state index contributed by atoms with van der Waals surface area (Å²) in [7, 11) is 3.08. The highest BCUT2D eigenvalue weighted by atomic mass is 127. The number of halogens is 2. The molecule has 0 radical (unpaired) electrons. The van der Waals surface area contributed by atoms with Gasteiger partial charge in [0.15, 0.2) is 0 Å². The molecule has 5 heteroatoms. The zero-order valence-electron chi connectivity index (χ0n) is 7.73. The van der Waals surface area contributed by atoms with E-state index in [0.29, 0.717) is 16.3 Å². The van der Waals surface area contributed by atoms with Gasteiger partial charge >= 0.3 is 0 Å². The lowest BCUT2D eigenvalue weighted by Gasteiger charge is -2.08. The first kappa shape index (κ1) is 11.6. The van der Waals surface area contributed by atoms with Crippen molar-refractivity contribution in [1.82, 2.24) is 5.32 Å². The average Bonchev–Trinajstić information content (AvgIpc) is 2.20. The maximum absolute atomic E-state index is 11.4. The van der Waals surface area contributed by atoms with Crippen LogP contribution < -0.4 is 10.1 Å². The number of amides is 1. The summed E-state index contributed by atoms with van der Waals surface area (Å²) >= 11 is 7.98. The highest BCUT2D eigenvalue weighted by molar-refractivity contribution is 14.1. The molecule has 0 aliphatic heterocycles. The third-order valence-electron chi connectivity index (χ3n) is 1.71. The van der Waals surface area contributed by atoms with E-state index in [1.807, 2.05) is 0 Å². The summed E-state index contributed by atoms with van der Waals surface area (Å²) in [4.78, 5) is 11.4. The molecule has 14 heavy (non-hydrogen) atoms. The molecule has 3 nitrogen and oxygen atoms in total. The first-order valence-corrected chi connectivity index (χ1v) is 5.31. The Morgan fingerprint density at radius 3 is 2.71 bits per heavy atom. The molecule has 0 aliphatic rings. The van der Waals surface area contributed by atoms with E-state index in [0.717, 1.165) is 3.57 Å². The summed E-state index contributed by atoms with van der Waals surface area (Å²) in [5.41, 5.74) is 0.445. The van der Waals surface area contributed by atoms with Crippen LogP contribution in [-0.2, 0) is 0 Å². The fourth-order valence-corrected chi connectivity index (χ4v) is 1.61. The topological polar surface area (TPSA) is 38.3 Å². The number of rotatable bonds is 2. The minimum Gasteiger partial charge on any atom is -0.496 e. The van der Waals surface area contributed by atoms with Crippen molar-refractivity contribution in [2.45, 2.75) is 0 Å². The molecule has 0 spiro atoms. The second-order valence-electron chi connectivity index (χ2n) is 2.55. The summed E-state index contributed by atoms with van der Waals surface area (Å²) in [6.45, 7) is 0. The molecule has 1 amide bonds. The van der Waals surface area contributed by atoms with Crippen LogP contribution in [0.2, 0.25) is 5.02 Å². The first-order chi connectivity index (χ1) is 6.60. The summed E-state index contributed by atoms with van der Waals surface area (Å²) < 4.78 is 5.94. The zero-order chi connectivity index (χ0) is 10.7. The lowest BCUT2D eigenvalue weighted by Crippen LogP contribution is -2.18. The minimum absolute atomic E-state index is 0.208. The minimum atomic E-state index is -0.208. The largest absolute Gasteiger partial charge is 0.496 e.